The first-order valence-corrected chi connectivity index (χ1v) is 12.9. The van der Waals surface area contributed by atoms with Crippen LogP contribution in [0.3, 0.4) is 0 Å². The van der Waals surface area contributed by atoms with Crippen molar-refractivity contribution in [3.05, 3.63) is 131 Å². The molecule has 2 aromatic heterocycles. The second-order valence-corrected chi connectivity index (χ2v) is 9.51. The molecule has 0 atom stereocenters. The van der Waals surface area contributed by atoms with Crippen LogP contribution in [0.2, 0.25) is 5.02 Å². The standard InChI is InChI=1S/C31H32ClN3O/c32-29-11-6-25(7-12-29)10-15-31(36)35(24-28-4-2-1-3-5-28)30(13-8-26-16-20-33-21-17-26)14-9-27-18-22-34-23-19-27/h1-7,11-12,16-23,30H,8-10,13-15,24H2. The van der Waals surface area contributed by atoms with Crippen molar-refractivity contribution in [2.75, 3.05) is 0 Å². The Hall–Kier alpha value is -3.50. The molecule has 0 fully saturated rings. The molecule has 0 aliphatic rings. The van der Waals surface area contributed by atoms with Gasteiger partial charge < -0.3 is 4.90 Å². The molecule has 0 saturated carbocycles. The highest BCUT2D eigenvalue weighted by Gasteiger charge is 2.24. The van der Waals surface area contributed by atoms with Crippen molar-refractivity contribution < 1.29 is 4.79 Å². The molecule has 36 heavy (non-hydrogen) atoms. The zero-order valence-corrected chi connectivity index (χ0v) is 21.2. The van der Waals surface area contributed by atoms with Crippen LogP contribution >= 0.6 is 11.6 Å². The minimum absolute atomic E-state index is 0.115. The molecule has 184 valence electrons. The second-order valence-electron chi connectivity index (χ2n) is 9.08. The summed E-state index contributed by atoms with van der Waals surface area (Å²) in [4.78, 5) is 24.1. The monoisotopic (exact) mass is 497 g/mol. The number of halogens is 1. The van der Waals surface area contributed by atoms with Crippen LogP contribution in [0.5, 0.6) is 0 Å². The molecule has 4 aromatic rings. The zero-order valence-electron chi connectivity index (χ0n) is 20.5. The van der Waals surface area contributed by atoms with Crippen molar-refractivity contribution in [1.82, 2.24) is 14.9 Å². The molecule has 2 heterocycles. The van der Waals surface area contributed by atoms with Gasteiger partial charge in [0.05, 0.1) is 0 Å². The Morgan fingerprint density at radius 1 is 0.667 bits per heavy atom. The van der Waals surface area contributed by atoms with Gasteiger partial charge in [-0.05, 0) is 90.8 Å². The van der Waals surface area contributed by atoms with Crippen molar-refractivity contribution in [2.24, 2.45) is 0 Å². The molecule has 4 nitrogen and oxygen atoms in total. The molecule has 0 spiro atoms. The Kier molecular flexibility index (Phi) is 9.63. The summed E-state index contributed by atoms with van der Waals surface area (Å²) in [5, 5.41) is 0.711. The van der Waals surface area contributed by atoms with Crippen LogP contribution in [-0.2, 0) is 30.6 Å². The normalized spacial score (nSPS) is 10.9. The number of pyridine rings is 2. The second kappa shape index (κ2) is 13.6. The number of rotatable bonds is 12. The van der Waals surface area contributed by atoms with Crippen LogP contribution in [0.1, 0.15) is 41.5 Å². The molecule has 0 bridgehead atoms. The Labute approximate surface area is 219 Å². The van der Waals surface area contributed by atoms with E-state index in [0.29, 0.717) is 24.4 Å². The number of aromatic nitrogens is 2. The first-order valence-electron chi connectivity index (χ1n) is 12.5. The summed E-state index contributed by atoms with van der Waals surface area (Å²) in [7, 11) is 0. The Morgan fingerprint density at radius 2 is 1.19 bits per heavy atom. The molecule has 4 rings (SSSR count). The van der Waals surface area contributed by atoms with E-state index in [0.717, 1.165) is 36.8 Å². The highest BCUT2D eigenvalue weighted by atomic mass is 35.5. The van der Waals surface area contributed by atoms with E-state index in [4.69, 9.17) is 11.6 Å². The van der Waals surface area contributed by atoms with E-state index in [1.54, 1.807) is 0 Å². The van der Waals surface area contributed by atoms with Crippen LogP contribution in [0.25, 0.3) is 0 Å². The van der Waals surface area contributed by atoms with Crippen molar-refractivity contribution >= 4 is 17.5 Å². The lowest BCUT2D eigenvalue weighted by Gasteiger charge is -2.33. The molecule has 1 amide bonds. The lowest BCUT2D eigenvalue weighted by atomic mass is 9.97. The maximum Gasteiger partial charge on any atom is 0.223 e. The highest BCUT2D eigenvalue weighted by molar-refractivity contribution is 6.30. The molecular formula is C31H32ClN3O. The third kappa shape index (κ3) is 8.03. The Morgan fingerprint density at radius 3 is 1.75 bits per heavy atom. The van der Waals surface area contributed by atoms with Crippen LogP contribution in [0.4, 0.5) is 0 Å². The van der Waals surface area contributed by atoms with E-state index in [2.05, 4.69) is 51.3 Å². The molecular weight excluding hydrogens is 466 g/mol. The first-order chi connectivity index (χ1) is 17.7. The maximum absolute atomic E-state index is 13.7. The van der Waals surface area contributed by atoms with Crippen molar-refractivity contribution in [2.45, 2.75) is 51.1 Å². The molecule has 0 saturated heterocycles. The quantitative estimate of drug-likeness (QED) is 0.218. The maximum atomic E-state index is 13.7. The number of nitrogens with zero attached hydrogens (tertiary/aromatic N) is 3. The van der Waals surface area contributed by atoms with Crippen LogP contribution in [-0.4, -0.2) is 26.8 Å². The van der Waals surface area contributed by atoms with Gasteiger partial charge in [-0.2, -0.15) is 0 Å². The van der Waals surface area contributed by atoms with Gasteiger partial charge in [-0.15, -0.1) is 0 Å². The van der Waals surface area contributed by atoms with Gasteiger partial charge in [0.1, 0.15) is 0 Å². The average molecular weight is 498 g/mol. The van der Waals surface area contributed by atoms with Crippen LogP contribution < -0.4 is 0 Å². The number of hydrogen-bond acceptors (Lipinski definition) is 3. The number of carbonyl (C=O) groups is 1. The third-order valence-corrected chi connectivity index (χ3v) is 6.78. The smallest absolute Gasteiger partial charge is 0.223 e. The largest absolute Gasteiger partial charge is 0.335 e. The van der Waals surface area contributed by atoms with Gasteiger partial charge in [0.25, 0.3) is 0 Å². The van der Waals surface area contributed by atoms with E-state index in [-0.39, 0.29) is 11.9 Å². The van der Waals surface area contributed by atoms with Crippen molar-refractivity contribution in [3.63, 3.8) is 0 Å². The predicted octanol–water partition coefficient (Wildman–Crippen LogP) is 6.73. The lowest BCUT2D eigenvalue weighted by molar-refractivity contribution is -0.134. The highest BCUT2D eigenvalue weighted by Crippen LogP contribution is 2.21. The summed E-state index contributed by atoms with van der Waals surface area (Å²) in [5.74, 6) is 0.184. The molecule has 5 heteroatoms. The molecule has 0 aliphatic heterocycles. The van der Waals surface area contributed by atoms with Crippen molar-refractivity contribution in [1.29, 1.82) is 0 Å². The fourth-order valence-corrected chi connectivity index (χ4v) is 4.59. The summed E-state index contributed by atoms with van der Waals surface area (Å²) >= 11 is 6.04. The van der Waals surface area contributed by atoms with Gasteiger partial charge in [0.15, 0.2) is 0 Å². The van der Waals surface area contributed by atoms with Crippen LogP contribution in [0.15, 0.2) is 104 Å². The van der Waals surface area contributed by atoms with Gasteiger partial charge >= 0.3 is 0 Å². The number of aryl methyl sites for hydroxylation is 3. The predicted molar refractivity (Wildman–Crippen MR) is 146 cm³/mol. The van der Waals surface area contributed by atoms with E-state index in [9.17, 15) is 4.79 Å². The summed E-state index contributed by atoms with van der Waals surface area (Å²) in [6.07, 6.45) is 12.1. The molecule has 0 radical (unpaired) electrons. The summed E-state index contributed by atoms with van der Waals surface area (Å²) in [6.45, 7) is 0.609. The topological polar surface area (TPSA) is 46.1 Å². The van der Waals surface area contributed by atoms with E-state index < -0.39 is 0 Å². The molecule has 0 unspecified atom stereocenters. The summed E-state index contributed by atoms with van der Waals surface area (Å²) < 4.78 is 0. The first kappa shape index (κ1) is 25.6. The van der Waals surface area contributed by atoms with Gasteiger partial charge in [0, 0.05) is 48.8 Å². The van der Waals surface area contributed by atoms with E-state index in [1.165, 1.54) is 11.1 Å². The molecule has 2 aromatic carbocycles. The number of benzene rings is 2. The van der Waals surface area contributed by atoms with Gasteiger partial charge in [0.2, 0.25) is 5.91 Å². The third-order valence-electron chi connectivity index (χ3n) is 6.53. The minimum atomic E-state index is 0.115. The van der Waals surface area contributed by atoms with Gasteiger partial charge in [-0.25, -0.2) is 0 Å². The van der Waals surface area contributed by atoms with E-state index >= 15 is 0 Å². The van der Waals surface area contributed by atoms with Crippen LogP contribution in [0, 0.1) is 0 Å². The number of hydrogen-bond donors (Lipinski definition) is 0. The fraction of sp³-hybridized carbons (Fsp3) is 0.258. The number of amides is 1. The van der Waals surface area contributed by atoms with E-state index in [1.807, 2.05) is 67.3 Å². The lowest BCUT2D eigenvalue weighted by Crippen LogP contribution is -2.40. The average Bonchev–Trinajstić information content (AvgIpc) is 2.93. The molecule has 0 N–H and O–H groups in total. The zero-order chi connectivity index (χ0) is 25.0. The number of carbonyl (C=O) groups excluding carboxylic acids is 1. The summed E-state index contributed by atoms with van der Waals surface area (Å²) in [6, 6.07) is 26.4. The SMILES string of the molecule is O=C(CCc1ccc(Cl)cc1)N(Cc1ccccc1)C(CCc1ccncc1)CCc1ccncc1. The molecule has 0 aliphatic carbocycles. The van der Waals surface area contributed by atoms with Gasteiger partial charge in [-0.3, -0.25) is 14.8 Å². The Balaban J connectivity index is 1.53. The minimum Gasteiger partial charge on any atom is -0.335 e. The van der Waals surface area contributed by atoms with Crippen molar-refractivity contribution in [3.8, 4) is 0 Å². The van der Waals surface area contributed by atoms with Gasteiger partial charge in [-0.1, -0.05) is 54.1 Å². The fourth-order valence-electron chi connectivity index (χ4n) is 4.47. The Bertz CT molecular complexity index is 1140. The summed E-state index contributed by atoms with van der Waals surface area (Å²) in [5.41, 5.74) is 4.76.